The Morgan fingerprint density at radius 3 is 2.87 bits per heavy atom. The molecule has 1 saturated heterocycles. The predicted octanol–water partition coefficient (Wildman–Crippen LogP) is 1.93. The lowest BCUT2D eigenvalue weighted by Crippen LogP contribution is -2.72. The molecule has 4 rings (SSSR count). The van der Waals surface area contributed by atoms with Crippen molar-refractivity contribution in [3.63, 3.8) is 0 Å². The minimum atomic E-state index is 0.409. The van der Waals surface area contributed by atoms with Gasteiger partial charge in [0, 0.05) is 50.8 Å². The number of fused-ring (bicyclic) bond motifs is 2. The number of nitrogens with one attached hydrogen (secondary N) is 2. The van der Waals surface area contributed by atoms with E-state index >= 15 is 0 Å². The number of ether oxygens (including phenoxy) is 2. The number of hydrogen-bond acceptors (Lipinski definition) is 3. The highest BCUT2D eigenvalue weighted by Gasteiger charge is 2.66. The number of aliphatic imine (C=N–C) groups is 1. The van der Waals surface area contributed by atoms with Crippen LogP contribution in [0.2, 0.25) is 0 Å². The van der Waals surface area contributed by atoms with Gasteiger partial charge in [-0.2, -0.15) is 0 Å². The molecule has 3 saturated carbocycles. The summed E-state index contributed by atoms with van der Waals surface area (Å²) in [6.45, 7) is 3.68. The Bertz CT molecular complexity index is 446. The third-order valence-electron chi connectivity index (χ3n) is 6.36. The van der Waals surface area contributed by atoms with E-state index in [-0.39, 0.29) is 0 Å². The molecule has 5 nitrogen and oxygen atoms in total. The Hall–Kier alpha value is -0.810. The zero-order chi connectivity index (χ0) is 15.7. The highest BCUT2D eigenvalue weighted by atomic mass is 16.5. The fraction of sp³-hybridized carbons (Fsp3) is 0.944. The first-order valence-electron chi connectivity index (χ1n) is 9.50. The van der Waals surface area contributed by atoms with Crippen molar-refractivity contribution < 1.29 is 9.47 Å². The van der Waals surface area contributed by atoms with Gasteiger partial charge in [-0.15, -0.1) is 0 Å². The average Bonchev–Trinajstić information content (AvgIpc) is 3.24. The summed E-state index contributed by atoms with van der Waals surface area (Å²) in [5.74, 6) is 2.50. The second-order valence-corrected chi connectivity index (χ2v) is 7.82. The van der Waals surface area contributed by atoms with Crippen molar-refractivity contribution in [2.45, 2.75) is 57.1 Å². The molecule has 4 aliphatic rings. The fourth-order valence-corrected chi connectivity index (χ4v) is 4.71. The van der Waals surface area contributed by atoms with Crippen LogP contribution in [0.1, 0.15) is 44.9 Å². The first kappa shape index (κ1) is 15.7. The van der Waals surface area contributed by atoms with Crippen LogP contribution in [0.15, 0.2) is 4.99 Å². The topological polar surface area (TPSA) is 54.9 Å². The molecule has 130 valence electrons. The van der Waals surface area contributed by atoms with E-state index in [1.807, 2.05) is 7.05 Å². The van der Waals surface area contributed by atoms with Gasteiger partial charge in [-0.3, -0.25) is 4.99 Å². The molecule has 0 aromatic rings. The molecule has 0 radical (unpaired) electrons. The van der Waals surface area contributed by atoms with Crippen LogP contribution in [0.25, 0.3) is 0 Å². The molecule has 0 amide bonds. The zero-order valence-electron chi connectivity index (χ0n) is 14.4. The number of nitrogens with zero attached hydrogens (tertiary/aromatic N) is 1. The summed E-state index contributed by atoms with van der Waals surface area (Å²) in [6, 6.07) is 0.557. The SMILES string of the molecule is CN=C(NCCCOCC1CC1)NC1C2CCOC2C12CCC2. The van der Waals surface area contributed by atoms with Crippen LogP contribution in [0.3, 0.4) is 0 Å². The van der Waals surface area contributed by atoms with E-state index in [1.165, 1.54) is 38.5 Å². The van der Waals surface area contributed by atoms with Gasteiger partial charge in [-0.1, -0.05) is 6.42 Å². The molecule has 1 aliphatic heterocycles. The summed E-state index contributed by atoms with van der Waals surface area (Å²) in [7, 11) is 1.87. The highest BCUT2D eigenvalue weighted by Crippen LogP contribution is 2.62. The zero-order valence-corrected chi connectivity index (χ0v) is 14.4. The first-order valence-corrected chi connectivity index (χ1v) is 9.50. The van der Waals surface area contributed by atoms with E-state index in [0.29, 0.717) is 23.5 Å². The van der Waals surface area contributed by atoms with E-state index in [9.17, 15) is 0 Å². The lowest BCUT2D eigenvalue weighted by molar-refractivity contribution is -0.171. The Morgan fingerprint density at radius 2 is 2.17 bits per heavy atom. The van der Waals surface area contributed by atoms with Crippen LogP contribution in [-0.2, 0) is 9.47 Å². The maximum atomic E-state index is 5.99. The summed E-state index contributed by atoms with van der Waals surface area (Å²) in [6.07, 6.45) is 9.48. The quantitative estimate of drug-likeness (QED) is 0.427. The third kappa shape index (κ3) is 2.98. The van der Waals surface area contributed by atoms with Crippen molar-refractivity contribution in [1.29, 1.82) is 0 Å². The summed E-state index contributed by atoms with van der Waals surface area (Å²) in [5, 5.41) is 7.16. The highest BCUT2D eigenvalue weighted by molar-refractivity contribution is 5.80. The molecule has 4 fully saturated rings. The normalized spacial score (nSPS) is 34.7. The minimum absolute atomic E-state index is 0.409. The molecule has 0 aromatic carbocycles. The van der Waals surface area contributed by atoms with Gasteiger partial charge in [0.1, 0.15) is 0 Å². The number of hydrogen-bond donors (Lipinski definition) is 2. The van der Waals surface area contributed by atoms with Crippen LogP contribution in [0, 0.1) is 17.3 Å². The Kier molecular flexibility index (Phi) is 4.50. The fourth-order valence-electron chi connectivity index (χ4n) is 4.71. The van der Waals surface area contributed by atoms with Crippen LogP contribution in [-0.4, -0.2) is 51.5 Å². The molecule has 0 aromatic heterocycles. The van der Waals surface area contributed by atoms with Crippen LogP contribution >= 0.6 is 0 Å². The van der Waals surface area contributed by atoms with Gasteiger partial charge in [0.25, 0.3) is 0 Å². The van der Waals surface area contributed by atoms with Crippen LogP contribution in [0.5, 0.6) is 0 Å². The third-order valence-corrected chi connectivity index (χ3v) is 6.36. The molecular formula is C18H31N3O2. The molecule has 1 heterocycles. The van der Waals surface area contributed by atoms with Crippen molar-refractivity contribution in [2.24, 2.45) is 22.2 Å². The maximum Gasteiger partial charge on any atom is 0.191 e. The summed E-state index contributed by atoms with van der Waals surface area (Å²) >= 11 is 0. The summed E-state index contributed by atoms with van der Waals surface area (Å²) < 4.78 is 11.7. The van der Waals surface area contributed by atoms with E-state index in [0.717, 1.165) is 44.7 Å². The monoisotopic (exact) mass is 321 g/mol. The second-order valence-electron chi connectivity index (χ2n) is 7.82. The van der Waals surface area contributed by atoms with Crippen molar-refractivity contribution in [2.75, 3.05) is 33.4 Å². The van der Waals surface area contributed by atoms with Crippen LogP contribution in [0.4, 0.5) is 0 Å². The standard InChI is InChI=1S/C18H31N3O2/c1-19-17(20-9-3-10-22-12-13-4-5-13)21-15-14-6-11-23-16(14)18(15)7-2-8-18/h13-16H,2-12H2,1H3,(H2,19,20,21). The Morgan fingerprint density at radius 1 is 1.30 bits per heavy atom. The Labute approximate surface area is 139 Å². The molecule has 1 spiro atoms. The summed E-state index contributed by atoms with van der Waals surface area (Å²) in [5.41, 5.74) is 0.409. The van der Waals surface area contributed by atoms with Gasteiger partial charge < -0.3 is 20.1 Å². The molecule has 5 heteroatoms. The van der Waals surface area contributed by atoms with Gasteiger partial charge in [0.2, 0.25) is 0 Å². The van der Waals surface area contributed by atoms with Gasteiger partial charge in [-0.05, 0) is 44.4 Å². The molecule has 23 heavy (non-hydrogen) atoms. The van der Waals surface area contributed by atoms with Gasteiger partial charge >= 0.3 is 0 Å². The lowest BCUT2D eigenvalue weighted by Gasteiger charge is -2.63. The molecule has 2 N–H and O–H groups in total. The first-order chi connectivity index (χ1) is 11.3. The van der Waals surface area contributed by atoms with Crippen molar-refractivity contribution in [3.8, 4) is 0 Å². The molecule has 3 unspecified atom stereocenters. The second kappa shape index (κ2) is 6.60. The van der Waals surface area contributed by atoms with Crippen LogP contribution < -0.4 is 10.6 Å². The predicted molar refractivity (Wildman–Crippen MR) is 90.6 cm³/mol. The van der Waals surface area contributed by atoms with E-state index in [1.54, 1.807) is 0 Å². The Balaban J connectivity index is 1.19. The summed E-state index contributed by atoms with van der Waals surface area (Å²) in [4.78, 5) is 4.42. The largest absolute Gasteiger partial charge is 0.381 e. The number of guanidine groups is 1. The minimum Gasteiger partial charge on any atom is -0.381 e. The van der Waals surface area contributed by atoms with Crippen molar-refractivity contribution in [1.82, 2.24) is 10.6 Å². The smallest absolute Gasteiger partial charge is 0.191 e. The lowest BCUT2D eigenvalue weighted by atomic mass is 9.46. The molecule has 3 atom stereocenters. The maximum absolute atomic E-state index is 5.99. The van der Waals surface area contributed by atoms with E-state index in [2.05, 4.69) is 15.6 Å². The van der Waals surface area contributed by atoms with E-state index < -0.39 is 0 Å². The number of rotatable bonds is 7. The van der Waals surface area contributed by atoms with Crippen molar-refractivity contribution in [3.05, 3.63) is 0 Å². The van der Waals surface area contributed by atoms with Gasteiger partial charge in [-0.25, -0.2) is 0 Å². The average molecular weight is 321 g/mol. The molecular weight excluding hydrogens is 290 g/mol. The van der Waals surface area contributed by atoms with E-state index in [4.69, 9.17) is 9.47 Å². The molecule has 3 aliphatic carbocycles. The van der Waals surface area contributed by atoms with Crippen molar-refractivity contribution >= 4 is 5.96 Å². The van der Waals surface area contributed by atoms with Gasteiger partial charge in [0.15, 0.2) is 5.96 Å². The molecule has 0 bridgehead atoms. The van der Waals surface area contributed by atoms with Gasteiger partial charge in [0.05, 0.1) is 6.10 Å².